The molecule has 0 spiro atoms. The third kappa shape index (κ3) is 4.65. The minimum absolute atomic E-state index is 0.0162. The molecule has 1 aromatic rings. The summed E-state index contributed by atoms with van der Waals surface area (Å²) in [6.07, 6.45) is 0.0162. The fraction of sp³-hybridized carbons (Fsp3) is 0.353. The van der Waals surface area contributed by atoms with E-state index in [-0.39, 0.29) is 18.9 Å². The van der Waals surface area contributed by atoms with Crippen LogP contribution in [0.5, 0.6) is 0 Å². The molecule has 0 aliphatic carbocycles. The van der Waals surface area contributed by atoms with E-state index in [2.05, 4.69) is 5.32 Å². The zero-order valence-electron chi connectivity index (χ0n) is 14.5. The molecule has 1 aliphatic rings. The Morgan fingerprint density at radius 2 is 1.88 bits per heavy atom. The Balaban J connectivity index is 1.84. The molecule has 4 amide bonds. The molecule has 0 unspecified atom stereocenters. The summed E-state index contributed by atoms with van der Waals surface area (Å²) in [6, 6.07) is 6.66. The van der Waals surface area contributed by atoms with E-state index < -0.39 is 36.8 Å². The summed E-state index contributed by atoms with van der Waals surface area (Å²) in [7, 11) is 3.08. The van der Waals surface area contributed by atoms with E-state index in [0.717, 1.165) is 4.90 Å². The van der Waals surface area contributed by atoms with Crippen LogP contribution in [0.25, 0.3) is 0 Å². The van der Waals surface area contributed by atoms with Crippen molar-refractivity contribution in [3.63, 3.8) is 0 Å². The average Bonchev–Trinajstić information content (AvgIpc) is 2.61. The molecule has 1 N–H and O–H groups in total. The number of nitrogens with one attached hydrogen (secondary N) is 1. The summed E-state index contributed by atoms with van der Waals surface area (Å²) >= 11 is 0. The molecule has 2 rings (SSSR count). The van der Waals surface area contributed by atoms with Crippen molar-refractivity contribution < 1.29 is 28.7 Å². The molecule has 1 aromatic carbocycles. The van der Waals surface area contributed by atoms with Gasteiger partial charge in [0.25, 0.3) is 11.8 Å². The molecule has 0 saturated carbocycles. The Bertz CT molecular complexity index is 759. The number of benzene rings is 1. The third-order valence-corrected chi connectivity index (χ3v) is 3.72. The molecule has 0 saturated heterocycles. The number of amides is 4. The molecule has 0 atom stereocenters. The molecule has 26 heavy (non-hydrogen) atoms. The maximum absolute atomic E-state index is 12.3. The van der Waals surface area contributed by atoms with Crippen LogP contribution in [-0.2, 0) is 30.3 Å². The lowest BCUT2D eigenvalue weighted by Gasteiger charge is -2.25. The maximum atomic E-state index is 12.3. The number of hydrogen-bond donors (Lipinski definition) is 1. The number of fused-ring (bicyclic) bond motifs is 1. The normalized spacial score (nSPS) is 13.1. The summed E-state index contributed by atoms with van der Waals surface area (Å²) in [5.74, 6) is -2.94. The number of imide groups is 1. The molecular weight excluding hydrogens is 342 g/mol. The van der Waals surface area contributed by atoms with Gasteiger partial charge in [0.05, 0.1) is 13.0 Å². The Hall–Kier alpha value is -3.23. The van der Waals surface area contributed by atoms with Crippen LogP contribution in [0.4, 0.5) is 0 Å². The van der Waals surface area contributed by atoms with Gasteiger partial charge in [-0.05, 0) is 11.6 Å². The first-order valence-electron chi connectivity index (χ1n) is 7.84. The maximum Gasteiger partial charge on any atom is 0.326 e. The number of carbonyl (C=O) groups excluding carboxylic acids is 5. The first kappa shape index (κ1) is 19.1. The van der Waals surface area contributed by atoms with Gasteiger partial charge in [-0.2, -0.15) is 0 Å². The van der Waals surface area contributed by atoms with E-state index in [1.807, 2.05) is 0 Å². The second kappa shape index (κ2) is 8.24. The van der Waals surface area contributed by atoms with Gasteiger partial charge < -0.3 is 15.0 Å². The molecule has 0 fully saturated rings. The number of hydrogen-bond acceptors (Lipinski definition) is 6. The van der Waals surface area contributed by atoms with E-state index in [1.54, 1.807) is 38.4 Å². The first-order valence-corrected chi connectivity index (χ1v) is 7.84. The summed E-state index contributed by atoms with van der Waals surface area (Å²) in [5.41, 5.74) is 0.969. The Kier molecular flexibility index (Phi) is 6.05. The van der Waals surface area contributed by atoms with Crippen molar-refractivity contribution in [2.24, 2.45) is 0 Å². The lowest BCUT2D eigenvalue weighted by Crippen LogP contribution is -2.46. The topological polar surface area (TPSA) is 113 Å². The molecule has 9 heteroatoms. The molecule has 138 valence electrons. The highest BCUT2D eigenvalue weighted by molar-refractivity contribution is 6.11. The number of likely N-dealkylation sites (N-methyl/N-ethyl adjacent to an activating group) is 1. The lowest BCUT2D eigenvalue weighted by molar-refractivity contribution is -0.151. The highest BCUT2D eigenvalue weighted by Crippen LogP contribution is 2.19. The van der Waals surface area contributed by atoms with E-state index in [0.29, 0.717) is 11.1 Å². The molecule has 0 bridgehead atoms. The molecule has 1 heterocycles. The first-order chi connectivity index (χ1) is 12.3. The number of esters is 1. The quantitative estimate of drug-likeness (QED) is 0.511. The van der Waals surface area contributed by atoms with Gasteiger partial charge in [0.15, 0.2) is 6.61 Å². The van der Waals surface area contributed by atoms with E-state index >= 15 is 0 Å². The van der Waals surface area contributed by atoms with Crippen molar-refractivity contribution in [2.45, 2.75) is 6.42 Å². The zero-order chi connectivity index (χ0) is 19.3. The minimum Gasteiger partial charge on any atom is -0.454 e. The van der Waals surface area contributed by atoms with Crippen molar-refractivity contribution in [3.05, 3.63) is 35.4 Å². The highest BCUT2D eigenvalue weighted by atomic mass is 16.5. The van der Waals surface area contributed by atoms with Crippen LogP contribution in [-0.4, -0.2) is 73.2 Å². The van der Waals surface area contributed by atoms with Gasteiger partial charge in [-0.1, -0.05) is 18.2 Å². The van der Waals surface area contributed by atoms with Crippen LogP contribution in [0.15, 0.2) is 24.3 Å². The van der Waals surface area contributed by atoms with Gasteiger partial charge >= 0.3 is 5.97 Å². The Morgan fingerprint density at radius 1 is 1.19 bits per heavy atom. The fourth-order valence-electron chi connectivity index (χ4n) is 2.26. The Labute approximate surface area is 149 Å². The van der Waals surface area contributed by atoms with Crippen LogP contribution >= 0.6 is 0 Å². The van der Waals surface area contributed by atoms with Crippen LogP contribution in [0.3, 0.4) is 0 Å². The summed E-state index contributed by atoms with van der Waals surface area (Å²) in [4.78, 5) is 61.2. The highest BCUT2D eigenvalue weighted by Gasteiger charge is 2.32. The van der Waals surface area contributed by atoms with Gasteiger partial charge in [0, 0.05) is 19.7 Å². The van der Waals surface area contributed by atoms with Crippen LogP contribution in [0.2, 0.25) is 0 Å². The predicted octanol–water partition coefficient (Wildman–Crippen LogP) is -1.04. The van der Waals surface area contributed by atoms with E-state index in [4.69, 9.17) is 4.74 Å². The standard InChI is InChI=1S/C17H19N3O6/c1-19(2)15(23)8-18-13(21)10-26-16(24)9-20-14(22)7-11-5-3-4-6-12(11)17(20)25/h3-6H,7-10H2,1-2H3,(H,18,21). The second-order valence-corrected chi connectivity index (χ2v) is 5.84. The second-order valence-electron chi connectivity index (χ2n) is 5.84. The molecular formula is C17H19N3O6. The van der Waals surface area contributed by atoms with E-state index in [9.17, 15) is 24.0 Å². The SMILES string of the molecule is CN(C)C(=O)CNC(=O)COC(=O)CN1C(=O)Cc2ccccc2C1=O. The van der Waals surface area contributed by atoms with Crippen molar-refractivity contribution in [2.75, 3.05) is 33.8 Å². The molecule has 0 aromatic heterocycles. The average molecular weight is 361 g/mol. The zero-order valence-corrected chi connectivity index (χ0v) is 14.5. The largest absolute Gasteiger partial charge is 0.454 e. The fourth-order valence-corrected chi connectivity index (χ4v) is 2.26. The van der Waals surface area contributed by atoms with Crippen molar-refractivity contribution in [3.8, 4) is 0 Å². The van der Waals surface area contributed by atoms with E-state index in [1.165, 1.54) is 4.90 Å². The van der Waals surface area contributed by atoms with Crippen LogP contribution < -0.4 is 5.32 Å². The summed E-state index contributed by atoms with van der Waals surface area (Å²) < 4.78 is 4.76. The van der Waals surface area contributed by atoms with Gasteiger partial charge in [0.2, 0.25) is 11.8 Å². The smallest absolute Gasteiger partial charge is 0.326 e. The third-order valence-electron chi connectivity index (χ3n) is 3.72. The monoisotopic (exact) mass is 361 g/mol. The van der Waals surface area contributed by atoms with Gasteiger partial charge in [0.1, 0.15) is 6.54 Å². The number of rotatable bonds is 6. The van der Waals surface area contributed by atoms with Gasteiger partial charge in [-0.25, -0.2) is 0 Å². The Morgan fingerprint density at radius 3 is 2.58 bits per heavy atom. The van der Waals surface area contributed by atoms with Crippen molar-refractivity contribution >= 4 is 29.6 Å². The number of ether oxygens (including phenoxy) is 1. The van der Waals surface area contributed by atoms with Crippen molar-refractivity contribution in [1.82, 2.24) is 15.1 Å². The van der Waals surface area contributed by atoms with Gasteiger partial charge in [-0.3, -0.25) is 28.9 Å². The van der Waals surface area contributed by atoms with Crippen LogP contribution in [0, 0.1) is 0 Å². The summed E-state index contributed by atoms with van der Waals surface area (Å²) in [5, 5.41) is 2.30. The van der Waals surface area contributed by atoms with Crippen molar-refractivity contribution in [1.29, 1.82) is 0 Å². The number of nitrogens with zero attached hydrogens (tertiary/aromatic N) is 2. The van der Waals surface area contributed by atoms with Crippen LogP contribution in [0.1, 0.15) is 15.9 Å². The molecule has 0 radical (unpaired) electrons. The minimum atomic E-state index is -0.889. The predicted molar refractivity (Wildman–Crippen MR) is 88.9 cm³/mol. The molecule has 9 nitrogen and oxygen atoms in total. The summed E-state index contributed by atoms with van der Waals surface area (Å²) in [6.45, 7) is -1.40. The lowest BCUT2D eigenvalue weighted by atomic mass is 9.98. The van der Waals surface area contributed by atoms with Gasteiger partial charge in [-0.15, -0.1) is 0 Å². The molecule has 1 aliphatic heterocycles. The number of carbonyl (C=O) groups is 5.